The van der Waals surface area contributed by atoms with E-state index in [0.717, 1.165) is 57.2 Å². The zero-order valence-electron chi connectivity index (χ0n) is 15.1. The minimum Gasteiger partial charge on any atom is -0.459 e. The first-order valence-corrected chi connectivity index (χ1v) is 8.99. The van der Waals surface area contributed by atoms with E-state index in [9.17, 15) is 4.79 Å². The van der Waals surface area contributed by atoms with Crippen molar-refractivity contribution in [2.45, 2.75) is 26.2 Å². The van der Waals surface area contributed by atoms with Gasteiger partial charge in [0.1, 0.15) is 0 Å². The van der Waals surface area contributed by atoms with Crippen molar-refractivity contribution in [3.63, 3.8) is 0 Å². The van der Waals surface area contributed by atoms with Crippen molar-refractivity contribution in [1.82, 2.24) is 15.5 Å². The summed E-state index contributed by atoms with van der Waals surface area (Å²) in [5.41, 5.74) is 1.18. The average Bonchev–Trinajstić information content (AvgIpc) is 3.34. The van der Waals surface area contributed by atoms with Gasteiger partial charge in [-0.1, -0.05) is 0 Å². The van der Waals surface area contributed by atoms with Crippen molar-refractivity contribution in [3.8, 4) is 0 Å². The lowest BCUT2D eigenvalue weighted by Crippen LogP contribution is -2.42. The SMILES string of the molecule is CN=C(NCCCNC(=O)c1occc1C)N1CCC2(CCOC2)C1. The highest BCUT2D eigenvalue weighted by Gasteiger charge is 2.42. The molecule has 7 nitrogen and oxygen atoms in total. The van der Waals surface area contributed by atoms with Gasteiger partial charge in [0.15, 0.2) is 11.7 Å². The molecule has 2 aliphatic rings. The minimum absolute atomic E-state index is 0.158. The second-order valence-electron chi connectivity index (χ2n) is 6.99. The number of furan rings is 1. The van der Waals surface area contributed by atoms with E-state index in [4.69, 9.17) is 9.15 Å². The molecular formula is C18H28N4O3. The van der Waals surface area contributed by atoms with Crippen LogP contribution >= 0.6 is 0 Å². The number of rotatable bonds is 5. The molecule has 2 saturated heterocycles. The molecule has 138 valence electrons. The van der Waals surface area contributed by atoms with Crippen LogP contribution in [0.1, 0.15) is 35.4 Å². The lowest BCUT2D eigenvalue weighted by Gasteiger charge is -2.24. The Labute approximate surface area is 148 Å². The fourth-order valence-corrected chi connectivity index (χ4v) is 3.60. The normalized spacial score (nSPS) is 23.4. The van der Waals surface area contributed by atoms with Gasteiger partial charge in [0, 0.05) is 50.8 Å². The van der Waals surface area contributed by atoms with E-state index in [1.165, 1.54) is 12.7 Å². The fourth-order valence-electron chi connectivity index (χ4n) is 3.60. The van der Waals surface area contributed by atoms with Crippen molar-refractivity contribution in [3.05, 3.63) is 23.7 Å². The number of guanidine groups is 1. The molecule has 1 aromatic rings. The summed E-state index contributed by atoms with van der Waals surface area (Å²) in [6, 6.07) is 1.79. The van der Waals surface area contributed by atoms with Gasteiger partial charge in [0.2, 0.25) is 0 Å². The van der Waals surface area contributed by atoms with Crippen molar-refractivity contribution < 1.29 is 13.9 Å². The molecule has 2 aliphatic heterocycles. The third-order valence-corrected chi connectivity index (χ3v) is 5.13. The number of carbonyl (C=O) groups is 1. The fraction of sp³-hybridized carbons (Fsp3) is 0.667. The molecule has 0 radical (unpaired) electrons. The minimum atomic E-state index is -0.158. The third kappa shape index (κ3) is 4.15. The summed E-state index contributed by atoms with van der Waals surface area (Å²) in [6.45, 7) is 7.03. The molecule has 3 rings (SSSR count). The van der Waals surface area contributed by atoms with Crippen LogP contribution in [0.25, 0.3) is 0 Å². The Morgan fingerprint density at radius 3 is 2.88 bits per heavy atom. The van der Waals surface area contributed by atoms with Gasteiger partial charge < -0.3 is 24.7 Å². The Morgan fingerprint density at radius 1 is 1.36 bits per heavy atom. The zero-order chi connectivity index (χ0) is 17.7. The average molecular weight is 348 g/mol. The molecule has 2 fully saturated rings. The Bertz CT molecular complexity index is 620. The van der Waals surface area contributed by atoms with Gasteiger partial charge in [-0.25, -0.2) is 0 Å². The molecule has 1 amide bonds. The number of amides is 1. The summed E-state index contributed by atoms with van der Waals surface area (Å²) in [7, 11) is 1.82. The molecule has 1 aromatic heterocycles. The summed E-state index contributed by atoms with van der Waals surface area (Å²) in [4.78, 5) is 18.7. The number of likely N-dealkylation sites (tertiary alicyclic amines) is 1. The Morgan fingerprint density at radius 2 is 2.20 bits per heavy atom. The number of hydrogen-bond donors (Lipinski definition) is 2. The van der Waals surface area contributed by atoms with Crippen molar-refractivity contribution >= 4 is 11.9 Å². The third-order valence-electron chi connectivity index (χ3n) is 5.13. The van der Waals surface area contributed by atoms with Crippen LogP contribution in [0.15, 0.2) is 21.7 Å². The van der Waals surface area contributed by atoms with Gasteiger partial charge in [-0.3, -0.25) is 9.79 Å². The first kappa shape index (κ1) is 17.8. The Hall–Kier alpha value is -2.02. The van der Waals surface area contributed by atoms with E-state index < -0.39 is 0 Å². The van der Waals surface area contributed by atoms with Crippen LogP contribution in [-0.4, -0.2) is 63.2 Å². The maximum atomic E-state index is 12.0. The molecular weight excluding hydrogens is 320 g/mol. The standard InChI is InChI=1S/C18H28N4O3/c1-14-4-10-25-15(14)16(23)20-7-3-8-21-17(19-2)22-9-5-18(12-22)6-11-24-13-18/h4,10H,3,5-9,11-13H2,1-2H3,(H,19,21)(H,20,23). The van der Waals surface area contributed by atoms with Gasteiger partial charge in [-0.2, -0.15) is 0 Å². The largest absolute Gasteiger partial charge is 0.459 e. The Kier molecular flexibility index (Phi) is 5.63. The lowest BCUT2D eigenvalue weighted by molar-refractivity contribution is 0.0925. The number of ether oxygens (including phenoxy) is 1. The second-order valence-corrected chi connectivity index (χ2v) is 6.99. The molecule has 0 bridgehead atoms. The lowest BCUT2D eigenvalue weighted by atomic mass is 9.87. The first-order valence-electron chi connectivity index (χ1n) is 8.99. The molecule has 1 spiro atoms. The highest BCUT2D eigenvalue weighted by atomic mass is 16.5. The number of aliphatic imine (C=N–C) groups is 1. The smallest absolute Gasteiger partial charge is 0.287 e. The van der Waals surface area contributed by atoms with E-state index in [-0.39, 0.29) is 5.91 Å². The number of nitrogens with one attached hydrogen (secondary N) is 2. The van der Waals surface area contributed by atoms with Crippen molar-refractivity contribution in [2.24, 2.45) is 10.4 Å². The van der Waals surface area contributed by atoms with Crippen molar-refractivity contribution in [1.29, 1.82) is 0 Å². The summed E-state index contributed by atoms with van der Waals surface area (Å²) in [6.07, 6.45) is 4.69. The molecule has 25 heavy (non-hydrogen) atoms. The van der Waals surface area contributed by atoms with Crippen LogP contribution < -0.4 is 10.6 Å². The Balaban J connectivity index is 1.36. The predicted octanol–water partition coefficient (Wildman–Crippen LogP) is 1.40. The maximum Gasteiger partial charge on any atom is 0.287 e. The van der Waals surface area contributed by atoms with Gasteiger partial charge in [0.05, 0.1) is 12.9 Å². The predicted molar refractivity (Wildman–Crippen MR) is 95.8 cm³/mol. The zero-order valence-corrected chi connectivity index (χ0v) is 15.1. The van der Waals surface area contributed by atoms with Crippen LogP contribution in [0.5, 0.6) is 0 Å². The van der Waals surface area contributed by atoms with E-state index in [0.29, 0.717) is 17.7 Å². The van der Waals surface area contributed by atoms with Crippen LogP contribution in [0, 0.1) is 12.3 Å². The molecule has 1 atom stereocenters. The second kappa shape index (κ2) is 7.91. The number of nitrogens with zero attached hydrogens (tertiary/aromatic N) is 2. The molecule has 2 N–H and O–H groups in total. The number of hydrogen-bond acceptors (Lipinski definition) is 4. The maximum absolute atomic E-state index is 12.0. The van der Waals surface area contributed by atoms with Crippen LogP contribution in [-0.2, 0) is 4.74 Å². The highest BCUT2D eigenvalue weighted by Crippen LogP contribution is 2.38. The van der Waals surface area contributed by atoms with Crippen LogP contribution in [0.3, 0.4) is 0 Å². The quantitative estimate of drug-likeness (QED) is 0.478. The van der Waals surface area contributed by atoms with E-state index in [1.807, 2.05) is 14.0 Å². The molecule has 0 aliphatic carbocycles. The first-order chi connectivity index (χ1) is 12.1. The molecule has 0 aromatic carbocycles. The van der Waals surface area contributed by atoms with Crippen molar-refractivity contribution in [2.75, 3.05) is 46.4 Å². The van der Waals surface area contributed by atoms with Gasteiger partial charge >= 0.3 is 0 Å². The summed E-state index contributed by atoms with van der Waals surface area (Å²) in [5, 5.41) is 6.28. The number of carbonyl (C=O) groups excluding carboxylic acids is 1. The summed E-state index contributed by atoms with van der Waals surface area (Å²) in [5.74, 6) is 1.18. The van der Waals surface area contributed by atoms with Crippen LogP contribution in [0.2, 0.25) is 0 Å². The highest BCUT2D eigenvalue weighted by molar-refractivity contribution is 5.92. The molecule has 0 saturated carbocycles. The molecule has 1 unspecified atom stereocenters. The molecule has 3 heterocycles. The monoisotopic (exact) mass is 348 g/mol. The van der Waals surface area contributed by atoms with E-state index in [1.54, 1.807) is 6.07 Å². The van der Waals surface area contributed by atoms with Gasteiger partial charge in [-0.05, 0) is 32.3 Å². The molecule has 7 heteroatoms. The van der Waals surface area contributed by atoms with E-state index in [2.05, 4.69) is 20.5 Å². The summed E-state index contributed by atoms with van der Waals surface area (Å²) < 4.78 is 10.8. The number of aryl methyl sites for hydroxylation is 1. The summed E-state index contributed by atoms with van der Waals surface area (Å²) >= 11 is 0. The topological polar surface area (TPSA) is 79.1 Å². The van der Waals surface area contributed by atoms with Gasteiger partial charge in [0.25, 0.3) is 5.91 Å². The van der Waals surface area contributed by atoms with E-state index >= 15 is 0 Å². The van der Waals surface area contributed by atoms with Gasteiger partial charge in [-0.15, -0.1) is 0 Å². The van der Waals surface area contributed by atoms with Crippen LogP contribution in [0.4, 0.5) is 0 Å².